The maximum absolute atomic E-state index is 6.00. The van der Waals surface area contributed by atoms with Crippen molar-refractivity contribution in [3.8, 4) is 0 Å². The Morgan fingerprint density at radius 1 is 1.67 bits per heavy atom. The van der Waals surface area contributed by atoms with Crippen molar-refractivity contribution >= 4 is 5.69 Å². The minimum absolute atomic E-state index is 0.103. The predicted octanol–water partition coefficient (Wildman–Crippen LogP) is 0.942. The third-order valence-electron chi connectivity index (χ3n) is 2.47. The van der Waals surface area contributed by atoms with E-state index in [1.165, 1.54) is 18.5 Å². The Morgan fingerprint density at radius 2 is 2.42 bits per heavy atom. The zero-order chi connectivity index (χ0) is 8.60. The Morgan fingerprint density at radius 3 is 2.92 bits per heavy atom. The monoisotopic (exact) mass is 165 g/mol. The first kappa shape index (κ1) is 7.68. The number of rotatable bonds is 3. The van der Waals surface area contributed by atoms with E-state index in [4.69, 9.17) is 5.73 Å². The summed E-state index contributed by atoms with van der Waals surface area (Å²) in [7, 11) is 2.08. The van der Waals surface area contributed by atoms with Gasteiger partial charge < -0.3 is 15.6 Å². The van der Waals surface area contributed by atoms with Gasteiger partial charge >= 0.3 is 0 Å². The predicted molar refractivity (Wildman–Crippen MR) is 50.2 cm³/mol. The first-order valence-corrected chi connectivity index (χ1v) is 4.32. The van der Waals surface area contributed by atoms with Gasteiger partial charge in [-0.05, 0) is 18.9 Å². The zero-order valence-corrected chi connectivity index (χ0v) is 7.38. The van der Waals surface area contributed by atoms with Crippen LogP contribution in [0.1, 0.15) is 12.8 Å². The molecule has 0 aromatic carbocycles. The van der Waals surface area contributed by atoms with Crippen LogP contribution in [0.4, 0.5) is 5.69 Å². The molecule has 0 atom stereocenters. The lowest BCUT2D eigenvalue weighted by Crippen LogP contribution is -2.37. The lowest BCUT2D eigenvalue weighted by Gasteiger charge is -2.21. The number of aromatic amines is 1. The summed E-state index contributed by atoms with van der Waals surface area (Å²) in [6.07, 6.45) is 6.26. The van der Waals surface area contributed by atoms with Crippen LogP contribution in [0.5, 0.6) is 0 Å². The Labute approximate surface area is 72.6 Å². The lowest BCUT2D eigenvalue weighted by atomic mass is 10.2. The highest BCUT2D eigenvalue weighted by molar-refractivity contribution is 5.44. The fourth-order valence-corrected chi connectivity index (χ4v) is 1.43. The molecule has 0 unspecified atom stereocenters. The van der Waals surface area contributed by atoms with Gasteiger partial charge in [0.15, 0.2) is 0 Å². The summed E-state index contributed by atoms with van der Waals surface area (Å²) >= 11 is 0. The largest absolute Gasteiger partial charge is 0.372 e. The van der Waals surface area contributed by atoms with Crippen molar-refractivity contribution < 1.29 is 0 Å². The van der Waals surface area contributed by atoms with Gasteiger partial charge in [0.25, 0.3) is 0 Å². The van der Waals surface area contributed by atoms with Crippen LogP contribution in [-0.4, -0.2) is 24.1 Å². The van der Waals surface area contributed by atoms with Crippen molar-refractivity contribution in [2.24, 2.45) is 5.73 Å². The summed E-state index contributed by atoms with van der Waals surface area (Å²) in [5.74, 6) is 0. The average molecular weight is 165 g/mol. The highest BCUT2D eigenvalue weighted by Crippen LogP contribution is 2.33. The molecule has 3 N–H and O–H groups in total. The topological polar surface area (TPSA) is 45.0 Å². The number of nitrogens with two attached hydrogens (primary N) is 1. The SMILES string of the molecule is CN(CC1(N)CC1)c1cc[nH]c1. The second-order valence-corrected chi connectivity index (χ2v) is 3.79. The summed E-state index contributed by atoms with van der Waals surface area (Å²) < 4.78 is 0. The van der Waals surface area contributed by atoms with Gasteiger partial charge in [0, 0.05) is 31.5 Å². The zero-order valence-electron chi connectivity index (χ0n) is 7.38. The summed E-state index contributed by atoms with van der Waals surface area (Å²) in [4.78, 5) is 5.23. The van der Waals surface area contributed by atoms with E-state index in [1.807, 2.05) is 12.4 Å². The standard InChI is InChI=1S/C9H15N3/c1-12(7-9(10)3-4-9)8-2-5-11-6-8/h2,5-6,11H,3-4,7,10H2,1H3. The van der Waals surface area contributed by atoms with Gasteiger partial charge in [-0.2, -0.15) is 0 Å². The lowest BCUT2D eigenvalue weighted by molar-refractivity contribution is 0.661. The molecule has 1 fully saturated rings. The van der Waals surface area contributed by atoms with Crippen molar-refractivity contribution in [2.75, 3.05) is 18.5 Å². The Hall–Kier alpha value is -0.960. The number of anilines is 1. The molecule has 0 radical (unpaired) electrons. The molecule has 3 heteroatoms. The second kappa shape index (κ2) is 2.52. The van der Waals surface area contributed by atoms with E-state index >= 15 is 0 Å². The highest BCUT2D eigenvalue weighted by Gasteiger charge is 2.39. The normalized spacial score (nSPS) is 19.2. The molecule has 1 saturated carbocycles. The summed E-state index contributed by atoms with van der Waals surface area (Å²) in [6, 6.07) is 2.06. The molecule has 0 amide bonds. The van der Waals surface area contributed by atoms with Crippen molar-refractivity contribution in [3.63, 3.8) is 0 Å². The van der Waals surface area contributed by atoms with Crippen LogP contribution >= 0.6 is 0 Å². The van der Waals surface area contributed by atoms with E-state index in [0.717, 1.165) is 6.54 Å². The molecule has 2 rings (SSSR count). The van der Waals surface area contributed by atoms with E-state index in [9.17, 15) is 0 Å². The van der Waals surface area contributed by atoms with E-state index < -0.39 is 0 Å². The Balaban J connectivity index is 1.97. The van der Waals surface area contributed by atoms with Crippen LogP contribution in [-0.2, 0) is 0 Å². The molecular weight excluding hydrogens is 150 g/mol. The highest BCUT2D eigenvalue weighted by atomic mass is 15.1. The molecule has 0 saturated heterocycles. The first-order chi connectivity index (χ1) is 5.70. The average Bonchev–Trinajstić information content (AvgIpc) is 2.55. The quantitative estimate of drug-likeness (QED) is 0.700. The Kier molecular flexibility index (Phi) is 1.61. The van der Waals surface area contributed by atoms with Crippen LogP contribution in [0.25, 0.3) is 0 Å². The number of H-pyrrole nitrogens is 1. The van der Waals surface area contributed by atoms with Gasteiger partial charge in [-0.1, -0.05) is 0 Å². The molecule has 0 aliphatic heterocycles. The van der Waals surface area contributed by atoms with Crippen molar-refractivity contribution in [1.82, 2.24) is 4.98 Å². The molecule has 3 nitrogen and oxygen atoms in total. The molecule has 1 aromatic heterocycles. The van der Waals surface area contributed by atoms with Crippen molar-refractivity contribution in [1.29, 1.82) is 0 Å². The number of likely N-dealkylation sites (N-methyl/N-ethyl adjacent to an activating group) is 1. The smallest absolute Gasteiger partial charge is 0.0541 e. The minimum Gasteiger partial charge on any atom is -0.372 e. The van der Waals surface area contributed by atoms with Gasteiger partial charge in [0.05, 0.1) is 5.69 Å². The van der Waals surface area contributed by atoms with Gasteiger partial charge in [-0.15, -0.1) is 0 Å². The van der Waals surface area contributed by atoms with Crippen LogP contribution < -0.4 is 10.6 Å². The molecule has 12 heavy (non-hydrogen) atoms. The number of nitrogens with zero attached hydrogens (tertiary/aromatic N) is 1. The molecule has 1 aliphatic carbocycles. The van der Waals surface area contributed by atoms with E-state index in [1.54, 1.807) is 0 Å². The third-order valence-corrected chi connectivity index (χ3v) is 2.47. The first-order valence-electron chi connectivity index (χ1n) is 4.32. The van der Waals surface area contributed by atoms with E-state index in [-0.39, 0.29) is 5.54 Å². The number of nitrogens with one attached hydrogen (secondary N) is 1. The third kappa shape index (κ3) is 1.46. The molecule has 1 aromatic rings. The van der Waals surface area contributed by atoms with Crippen LogP contribution in [0, 0.1) is 0 Å². The van der Waals surface area contributed by atoms with Gasteiger partial charge in [0.1, 0.15) is 0 Å². The maximum Gasteiger partial charge on any atom is 0.0541 e. The Bertz CT molecular complexity index is 249. The van der Waals surface area contributed by atoms with Gasteiger partial charge in [-0.25, -0.2) is 0 Å². The molecule has 1 heterocycles. The van der Waals surface area contributed by atoms with Gasteiger partial charge in [0.2, 0.25) is 0 Å². The van der Waals surface area contributed by atoms with E-state index in [2.05, 4.69) is 23.0 Å². The molecule has 0 bridgehead atoms. The number of hydrogen-bond donors (Lipinski definition) is 2. The summed E-state index contributed by atoms with van der Waals surface area (Å²) in [5, 5.41) is 0. The van der Waals surface area contributed by atoms with Crippen LogP contribution in [0.2, 0.25) is 0 Å². The number of aromatic nitrogens is 1. The van der Waals surface area contributed by atoms with Crippen molar-refractivity contribution in [2.45, 2.75) is 18.4 Å². The summed E-state index contributed by atoms with van der Waals surface area (Å²) in [5.41, 5.74) is 7.32. The second-order valence-electron chi connectivity index (χ2n) is 3.79. The van der Waals surface area contributed by atoms with E-state index in [0.29, 0.717) is 0 Å². The maximum atomic E-state index is 6.00. The van der Waals surface area contributed by atoms with Crippen LogP contribution in [0.15, 0.2) is 18.5 Å². The number of hydrogen-bond acceptors (Lipinski definition) is 2. The fourth-order valence-electron chi connectivity index (χ4n) is 1.43. The van der Waals surface area contributed by atoms with Crippen LogP contribution in [0.3, 0.4) is 0 Å². The summed E-state index contributed by atoms with van der Waals surface area (Å²) in [6.45, 7) is 0.963. The van der Waals surface area contributed by atoms with Crippen molar-refractivity contribution in [3.05, 3.63) is 18.5 Å². The molecule has 0 spiro atoms. The van der Waals surface area contributed by atoms with Gasteiger partial charge in [-0.3, -0.25) is 0 Å². The fraction of sp³-hybridized carbons (Fsp3) is 0.556. The molecular formula is C9H15N3. The molecule has 66 valence electrons. The minimum atomic E-state index is 0.103. The molecule has 1 aliphatic rings.